The van der Waals surface area contributed by atoms with Crippen LogP contribution in [0.3, 0.4) is 0 Å². The van der Waals surface area contributed by atoms with E-state index in [2.05, 4.69) is 52.0 Å². The fourth-order valence-corrected chi connectivity index (χ4v) is 37.3. The Bertz CT molecular complexity index is 2100. The summed E-state index contributed by atoms with van der Waals surface area (Å²) < 4.78 is 48.2. The second-order valence-corrected chi connectivity index (χ2v) is 42.3. The van der Waals surface area contributed by atoms with Gasteiger partial charge in [-0.25, -0.2) is 0 Å². The first-order chi connectivity index (χ1) is 43.7. The van der Waals surface area contributed by atoms with Crippen molar-refractivity contribution in [1.82, 2.24) is 0 Å². The predicted octanol–water partition coefficient (Wildman–Crippen LogP) is 25.2. The standard InChI is InChI=1S/C83H142O4P2/c1-5-7-9-29-55-86-78-53-50-67(59-65(78)48-46-63-31-23-27-43-80(63)88(84,69-33-15-11-16-34-69)70-35-17-12-18-36-70)83(76-57-61(3)45-52-75(76)82-74-42-26-25-41-73(74)62(4)58-77(82)83)68-51-54-79(87-56-30-10-8-6-2)66(60-68)49-47-64-32-24-28-44-81(64)89(85,71-37-19-13-20-38-71)72-39-21-14-22-40-72/h46-49,61-82H,5-45,50-60H2,1-4H3/b48-46+,49-47+. The van der Waals surface area contributed by atoms with Crippen LogP contribution in [0.2, 0.25) is 0 Å². The SMILES string of the molecule is CCCCCCOC1CCC(C2(C3CCC(OCCCCCC)C(/C=C/C4CCCCC4P(=O)(C4CCCCC4)C4CCCCC4)C3)C3CC(C)CCC3C3C4CCCCC4C(C)CC32)CC1/C=C/C1CCCCC1P(=O)(C1CCCCC1)C1CCCCC1. The minimum absolute atomic E-state index is 0.312. The van der Waals surface area contributed by atoms with E-state index in [1.807, 2.05) is 0 Å². The van der Waals surface area contributed by atoms with Crippen molar-refractivity contribution in [2.24, 2.45) is 88.3 Å². The highest BCUT2D eigenvalue weighted by molar-refractivity contribution is 7.66. The lowest BCUT2D eigenvalue weighted by atomic mass is 9.45. The Hall–Kier alpha value is -0.140. The highest BCUT2D eigenvalue weighted by atomic mass is 31.2. The molecule has 18 atom stereocenters. The number of unbranched alkanes of at least 4 members (excludes halogenated alkanes) is 6. The van der Waals surface area contributed by atoms with Gasteiger partial charge in [-0.2, -0.15) is 0 Å². The Labute approximate surface area is 550 Å². The molecule has 12 aliphatic carbocycles. The summed E-state index contributed by atoms with van der Waals surface area (Å²) in [5, 5.41) is 0. The first-order valence-electron chi connectivity index (χ1n) is 41.5. The molecule has 0 bridgehead atoms. The van der Waals surface area contributed by atoms with Crippen LogP contribution in [0.1, 0.15) is 349 Å². The zero-order chi connectivity index (χ0) is 61.2. The number of fused-ring (bicyclic) bond motifs is 5. The summed E-state index contributed by atoms with van der Waals surface area (Å²) in [6, 6.07) is 0. The zero-order valence-electron chi connectivity index (χ0n) is 58.8. The fraction of sp³-hybridized carbons (Fsp3) is 0.952. The molecule has 6 heteroatoms. The van der Waals surface area contributed by atoms with Gasteiger partial charge in [-0.05, 0) is 237 Å². The third kappa shape index (κ3) is 15.0. The topological polar surface area (TPSA) is 52.6 Å². The smallest absolute Gasteiger partial charge is 0.0970 e. The molecular weight excluding hydrogens is 1120 g/mol. The monoisotopic (exact) mass is 1270 g/mol. The van der Waals surface area contributed by atoms with Gasteiger partial charge in [0.05, 0.1) is 26.5 Å². The van der Waals surface area contributed by atoms with Gasteiger partial charge < -0.3 is 18.6 Å². The van der Waals surface area contributed by atoms with Crippen molar-refractivity contribution in [3.63, 3.8) is 0 Å². The third-order valence-electron chi connectivity index (χ3n) is 30.3. The second-order valence-electron chi connectivity index (χ2n) is 35.0. The van der Waals surface area contributed by atoms with Gasteiger partial charge in [-0.1, -0.05) is 213 Å². The number of hydrogen-bond acceptors (Lipinski definition) is 4. The van der Waals surface area contributed by atoms with Crippen LogP contribution in [0.5, 0.6) is 0 Å². The van der Waals surface area contributed by atoms with E-state index >= 15 is 9.13 Å². The lowest BCUT2D eigenvalue weighted by Crippen LogP contribution is -2.54. The molecule has 0 saturated heterocycles. The van der Waals surface area contributed by atoms with Gasteiger partial charge in [0.2, 0.25) is 0 Å². The molecule has 508 valence electrons. The molecule has 0 aliphatic heterocycles. The van der Waals surface area contributed by atoms with E-state index in [1.165, 1.54) is 321 Å². The van der Waals surface area contributed by atoms with Crippen LogP contribution in [-0.2, 0) is 18.6 Å². The molecule has 4 nitrogen and oxygen atoms in total. The van der Waals surface area contributed by atoms with E-state index in [-0.39, 0.29) is 0 Å². The quantitative estimate of drug-likeness (QED) is 0.0549. The van der Waals surface area contributed by atoms with Gasteiger partial charge in [0.25, 0.3) is 0 Å². The number of hydrogen-bond donors (Lipinski definition) is 0. The molecule has 0 N–H and O–H groups in total. The van der Waals surface area contributed by atoms with E-state index in [4.69, 9.17) is 9.47 Å². The Morgan fingerprint density at radius 1 is 0.360 bits per heavy atom. The van der Waals surface area contributed by atoms with E-state index < -0.39 is 14.3 Å². The first kappa shape index (κ1) is 68.8. The van der Waals surface area contributed by atoms with Crippen LogP contribution in [-0.4, -0.2) is 59.4 Å². The van der Waals surface area contributed by atoms with Gasteiger partial charge >= 0.3 is 0 Å². The second kappa shape index (κ2) is 32.9. The number of allylic oxidation sites excluding steroid dienone is 2. The van der Waals surface area contributed by atoms with Crippen molar-refractivity contribution < 1.29 is 18.6 Å². The van der Waals surface area contributed by atoms with Crippen molar-refractivity contribution in [2.75, 3.05) is 13.2 Å². The summed E-state index contributed by atoms with van der Waals surface area (Å²) >= 11 is 0. The summed E-state index contributed by atoms with van der Waals surface area (Å²) in [5.74, 6) is 10.4. The van der Waals surface area contributed by atoms with Crippen LogP contribution >= 0.6 is 14.3 Å². The maximum atomic E-state index is 16.7. The molecule has 0 aromatic rings. The van der Waals surface area contributed by atoms with E-state index in [0.717, 1.165) is 72.4 Å². The molecule has 12 aliphatic rings. The molecule has 12 saturated carbocycles. The molecular formula is C83H142O4P2. The minimum Gasteiger partial charge on any atom is -0.378 e. The van der Waals surface area contributed by atoms with Crippen molar-refractivity contribution in [3.05, 3.63) is 24.3 Å². The molecule has 18 unspecified atom stereocenters. The molecule has 12 fully saturated rings. The summed E-state index contributed by atoms with van der Waals surface area (Å²) in [6.07, 6.45) is 78.2. The normalized spacial score (nSPS) is 41.3. The van der Waals surface area contributed by atoms with E-state index in [0.29, 0.717) is 75.2 Å². The molecule has 0 aromatic carbocycles. The molecule has 89 heavy (non-hydrogen) atoms. The molecule has 12 rings (SSSR count). The van der Waals surface area contributed by atoms with Crippen molar-refractivity contribution in [2.45, 2.75) is 395 Å². The Morgan fingerprint density at radius 3 is 1.21 bits per heavy atom. The zero-order valence-corrected chi connectivity index (χ0v) is 60.6. The summed E-state index contributed by atoms with van der Waals surface area (Å²) in [6.45, 7) is 12.1. The van der Waals surface area contributed by atoms with Crippen molar-refractivity contribution in [1.29, 1.82) is 0 Å². The highest BCUT2D eigenvalue weighted by Crippen LogP contribution is 2.76. The Morgan fingerprint density at radius 2 is 0.764 bits per heavy atom. The maximum Gasteiger partial charge on any atom is 0.0970 e. The Balaban J connectivity index is 0.917. The van der Waals surface area contributed by atoms with Gasteiger partial charge in [-0.3, -0.25) is 0 Å². The average Bonchev–Trinajstić information content (AvgIpc) is 1.56. The maximum absolute atomic E-state index is 16.7. The summed E-state index contributed by atoms with van der Waals surface area (Å²) in [7, 11) is -4.82. The summed E-state index contributed by atoms with van der Waals surface area (Å²) in [4.78, 5) is 0. The first-order valence-corrected chi connectivity index (χ1v) is 45.3. The predicted molar refractivity (Wildman–Crippen MR) is 381 cm³/mol. The van der Waals surface area contributed by atoms with E-state index in [1.54, 1.807) is 0 Å². The molecule has 0 radical (unpaired) electrons. The van der Waals surface area contributed by atoms with Gasteiger partial charge in [-0.15, -0.1) is 0 Å². The lowest BCUT2D eigenvalue weighted by molar-refractivity contribution is -0.131. The van der Waals surface area contributed by atoms with E-state index in [9.17, 15) is 0 Å². The van der Waals surface area contributed by atoms with Crippen molar-refractivity contribution in [3.8, 4) is 0 Å². The molecule has 0 aromatic heterocycles. The average molecular weight is 1270 g/mol. The van der Waals surface area contributed by atoms with Gasteiger partial charge in [0.15, 0.2) is 0 Å². The molecule has 0 heterocycles. The Kier molecular flexibility index (Phi) is 25.5. The van der Waals surface area contributed by atoms with Crippen LogP contribution < -0.4 is 0 Å². The van der Waals surface area contributed by atoms with Crippen LogP contribution in [0.25, 0.3) is 0 Å². The largest absolute Gasteiger partial charge is 0.378 e. The van der Waals surface area contributed by atoms with Gasteiger partial charge in [0.1, 0.15) is 0 Å². The van der Waals surface area contributed by atoms with Crippen LogP contribution in [0.15, 0.2) is 24.3 Å². The number of rotatable bonds is 24. The minimum atomic E-state index is -2.41. The third-order valence-corrected chi connectivity index (χ3v) is 40.3. The molecule has 0 amide bonds. The summed E-state index contributed by atoms with van der Waals surface area (Å²) in [5.41, 5.74) is 3.15. The van der Waals surface area contributed by atoms with Crippen LogP contribution in [0, 0.1) is 88.3 Å². The number of ether oxygens (including phenoxy) is 2. The fourth-order valence-electron chi connectivity index (χ4n) is 26.3. The highest BCUT2D eigenvalue weighted by Gasteiger charge is 2.69. The lowest BCUT2D eigenvalue weighted by Gasteiger charge is -2.60. The van der Waals surface area contributed by atoms with Gasteiger partial charge in [0, 0.05) is 59.0 Å². The molecule has 0 spiro atoms. The van der Waals surface area contributed by atoms with Crippen LogP contribution in [0.4, 0.5) is 0 Å². The van der Waals surface area contributed by atoms with Crippen molar-refractivity contribution >= 4 is 14.3 Å².